The van der Waals surface area contributed by atoms with Crippen LogP contribution in [-0.4, -0.2) is 25.1 Å². The third-order valence-corrected chi connectivity index (χ3v) is 5.51. The van der Waals surface area contributed by atoms with Gasteiger partial charge in [0.2, 0.25) is 5.91 Å². The van der Waals surface area contributed by atoms with Crippen LogP contribution < -0.4 is 10.1 Å². The van der Waals surface area contributed by atoms with Crippen LogP contribution in [0.1, 0.15) is 17.3 Å². The molecule has 5 aromatic rings. The maximum atomic E-state index is 13.0. The highest BCUT2D eigenvalue weighted by Gasteiger charge is 2.14. The summed E-state index contributed by atoms with van der Waals surface area (Å²) in [6, 6.07) is 17.2. The fourth-order valence-electron chi connectivity index (χ4n) is 3.23. The standard InChI is InChI=1S/C21H14N4O2S/c1-13(26)24-12-15(19(23-24)14-7-3-2-4-8-14)11-18-20(27)25-17-10-6-5-9-16(17)22-21(25)28-18/h2-12H,1H3. The van der Waals surface area contributed by atoms with Gasteiger partial charge < -0.3 is 0 Å². The number of fused-ring (bicyclic) bond motifs is 3. The molecule has 0 spiro atoms. The second-order valence-electron chi connectivity index (χ2n) is 6.40. The van der Waals surface area contributed by atoms with Crippen LogP contribution in [0, 0.1) is 0 Å². The number of hydrogen-bond acceptors (Lipinski definition) is 5. The lowest BCUT2D eigenvalue weighted by Gasteiger charge is -1.97. The summed E-state index contributed by atoms with van der Waals surface area (Å²) >= 11 is 1.33. The summed E-state index contributed by atoms with van der Waals surface area (Å²) < 4.78 is 3.48. The van der Waals surface area contributed by atoms with E-state index >= 15 is 0 Å². The molecule has 0 aliphatic heterocycles. The van der Waals surface area contributed by atoms with Crippen LogP contribution in [0.25, 0.3) is 33.3 Å². The highest BCUT2D eigenvalue weighted by molar-refractivity contribution is 7.15. The number of imidazole rings is 1. The molecule has 0 saturated heterocycles. The lowest BCUT2D eigenvalue weighted by Crippen LogP contribution is -2.22. The molecule has 28 heavy (non-hydrogen) atoms. The number of carbonyl (C=O) groups is 1. The molecule has 6 nitrogen and oxygen atoms in total. The fraction of sp³-hybridized carbons (Fsp3) is 0.0476. The van der Waals surface area contributed by atoms with Gasteiger partial charge in [0.25, 0.3) is 5.56 Å². The molecular formula is C21H14N4O2S. The molecule has 0 saturated carbocycles. The second-order valence-corrected chi connectivity index (χ2v) is 7.41. The highest BCUT2D eigenvalue weighted by Crippen LogP contribution is 2.23. The fourth-order valence-corrected chi connectivity index (χ4v) is 4.21. The monoisotopic (exact) mass is 386 g/mol. The molecule has 0 atom stereocenters. The number of para-hydroxylation sites is 2. The largest absolute Gasteiger partial charge is 0.274 e. The minimum Gasteiger partial charge on any atom is -0.273 e. The molecule has 0 N–H and O–H groups in total. The van der Waals surface area contributed by atoms with Gasteiger partial charge in [0.1, 0.15) is 5.69 Å². The quantitative estimate of drug-likeness (QED) is 0.468. The minimum atomic E-state index is -0.189. The highest BCUT2D eigenvalue weighted by atomic mass is 32.1. The zero-order chi connectivity index (χ0) is 19.3. The van der Waals surface area contributed by atoms with E-state index in [4.69, 9.17) is 0 Å². The van der Waals surface area contributed by atoms with Crippen molar-refractivity contribution in [1.29, 1.82) is 0 Å². The van der Waals surface area contributed by atoms with Crippen LogP contribution >= 0.6 is 11.3 Å². The molecule has 0 unspecified atom stereocenters. The molecule has 5 rings (SSSR count). The first-order valence-corrected chi connectivity index (χ1v) is 9.51. The van der Waals surface area contributed by atoms with Gasteiger partial charge in [-0.3, -0.25) is 9.59 Å². The van der Waals surface area contributed by atoms with Gasteiger partial charge in [0.15, 0.2) is 4.96 Å². The molecule has 0 fully saturated rings. The molecule has 136 valence electrons. The number of rotatable bonds is 2. The maximum Gasteiger partial charge on any atom is 0.274 e. The van der Waals surface area contributed by atoms with Gasteiger partial charge in [-0.05, 0) is 18.2 Å². The predicted molar refractivity (Wildman–Crippen MR) is 110 cm³/mol. The number of benzene rings is 2. The Kier molecular flexibility index (Phi) is 3.70. The zero-order valence-electron chi connectivity index (χ0n) is 14.9. The van der Waals surface area contributed by atoms with Crippen molar-refractivity contribution in [3.05, 3.63) is 81.2 Å². The number of nitrogens with zero attached hydrogens (tertiary/aromatic N) is 4. The molecule has 2 aromatic carbocycles. The van der Waals surface area contributed by atoms with Crippen LogP contribution in [0.2, 0.25) is 0 Å². The number of thiazole rings is 1. The lowest BCUT2D eigenvalue weighted by molar-refractivity contribution is 0.0921. The Hall–Kier alpha value is -3.58. The first kappa shape index (κ1) is 16.6. The summed E-state index contributed by atoms with van der Waals surface area (Å²) in [5, 5.41) is 4.41. The van der Waals surface area contributed by atoms with Gasteiger partial charge in [-0.25, -0.2) is 14.1 Å². The third kappa shape index (κ3) is 2.56. The molecular weight excluding hydrogens is 372 g/mol. The van der Waals surface area contributed by atoms with Crippen LogP contribution in [0.3, 0.4) is 0 Å². The zero-order valence-corrected chi connectivity index (χ0v) is 15.7. The topological polar surface area (TPSA) is 69.3 Å². The first-order chi connectivity index (χ1) is 13.6. The molecule has 0 bridgehead atoms. The Morgan fingerprint density at radius 2 is 1.82 bits per heavy atom. The summed E-state index contributed by atoms with van der Waals surface area (Å²) in [5.74, 6) is -0.189. The van der Waals surface area contributed by atoms with Crippen LogP contribution in [0.4, 0.5) is 0 Å². The van der Waals surface area contributed by atoms with Crippen LogP contribution in [0.15, 0.2) is 65.6 Å². The predicted octanol–water partition coefficient (Wildman–Crippen LogP) is 2.98. The van der Waals surface area contributed by atoms with Gasteiger partial charge in [-0.15, -0.1) is 0 Å². The van der Waals surface area contributed by atoms with Crippen molar-refractivity contribution in [2.24, 2.45) is 0 Å². The van der Waals surface area contributed by atoms with Crippen molar-refractivity contribution in [3.63, 3.8) is 0 Å². The van der Waals surface area contributed by atoms with Gasteiger partial charge in [-0.1, -0.05) is 53.8 Å². The summed E-state index contributed by atoms with van der Waals surface area (Å²) in [6.45, 7) is 1.45. The maximum absolute atomic E-state index is 13.0. The summed E-state index contributed by atoms with van der Waals surface area (Å²) in [4.78, 5) is 30.0. The van der Waals surface area contributed by atoms with E-state index in [2.05, 4.69) is 10.1 Å². The Labute approximate surface area is 163 Å². The van der Waals surface area contributed by atoms with E-state index in [9.17, 15) is 9.59 Å². The number of hydrogen-bond donors (Lipinski definition) is 0. The Morgan fingerprint density at radius 3 is 2.61 bits per heavy atom. The van der Waals surface area contributed by atoms with E-state index in [1.807, 2.05) is 54.6 Å². The number of aromatic nitrogens is 4. The van der Waals surface area contributed by atoms with Crippen molar-refractivity contribution in [3.8, 4) is 11.3 Å². The number of carbonyl (C=O) groups excluding carboxylic acids is 1. The van der Waals surface area contributed by atoms with E-state index in [0.717, 1.165) is 16.6 Å². The van der Waals surface area contributed by atoms with Crippen molar-refractivity contribution in [2.75, 3.05) is 0 Å². The first-order valence-electron chi connectivity index (χ1n) is 8.69. The van der Waals surface area contributed by atoms with E-state index in [0.29, 0.717) is 20.8 Å². The van der Waals surface area contributed by atoms with Gasteiger partial charge in [-0.2, -0.15) is 5.10 Å². The summed E-state index contributed by atoms with van der Waals surface area (Å²) in [6.07, 6.45) is 3.44. The smallest absolute Gasteiger partial charge is 0.273 e. The average Bonchev–Trinajstić information content (AvgIpc) is 3.36. The van der Waals surface area contributed by atoms with E-state index < -0.39 is 0 Å². The Bertz CT molecular complexity index is 1460. The van der Waals surface area contributed by atoms with Crippen molar-refractivity contribution < 1.29 is 4.79 Å². The second kappa shape index (κ2) is 6.24. The molecule has 0 aliphatic carbocycles. The van der Waals surface area contributed by atoms with Crippen molar-refractivity contribution >= 4 is 39.3 Å². The summed E-state index contributed by atoms with van der Waals surface area (Å²) in [5.41, 5.74) is 3.72. The van der Waals surface area contributed by atoms with Gasteiger partial charge in [0.05, 0.1) is 15.6 Å². The van der Waals surface area contributed by atoms with E-state index in [-0.39, 0.29) is 11.5 Å². The van der Waals surface area contributed by atoms with Crippen LogP contribution in [-0.2, 0) is 0 Å². The van der Waals surface area contributed by atoms with Gasteiger partial charge in [0, 0.05) is 24.2 Å². The Morgan fingerprint density at radius 1 is 1.07 bits per heavy atom. The molecule has 7 heteroatoms. The Balaban J connectivity index is 1.76. The molecule has 3 aromatic heterocycles. The molecule has 0 amide bonds. The van der Waals surface area contributed by atoms with E-state index in [1.54, 1.807) is 16.7 Å². The third-order valence-electron chi connectivity index (χ3n) is 4.54. The normalized spacial score (nSPS) is 12.2. The van der Waals surface area contributed by atoms with Crippen LogP contribution in [0.5, 0.6) is 0 Å². The van der Waals surface area contributed by atoms with Crippen molar-refractivity contribution in [2.45, 2.75) is 6.92 Å². The van der Waals surface area contributed by atoms with Crippen molar-refractivity contribution in [1.82, 2.24) is 19.2 Å². The molecule has 0 radical (unpaired) electrons. The summed E-state index contributed by atoms with van der Waals surface area (Å²) in [7, 11) is 0. The molecule has 3 heterocycles. The lowest BCUT2D eigenvalue weighted by atomic mass is 10.1. The average molecular weight is 386 g/mol. The minimum absolute atomic E-state index is 0.122. The SMILES string of the molecule is CC(=O)n1cc(C=c2sc3nc4ccccc4n3c2=O)c(-c2ccccc2)n1. The molecule has 0 aliphatic rings. The van der Waals surface area contributed by atoms with Gasteiger partial charge >= 0.3 is 0 Å². The van der Waals surface area contributed by atoms with E-state index in [1.165, 1.54) is 22.9 Å².